The normalized spacial score (nSPS) is 12.2. The van der Waals surface area contributed by atoms with Crippen LogP contribution in [0.3, 0.4) is 0 Å². The molecule has 1 unspecified atom stereocenters. The lowest BCUT2D eigenvalue weighted by molar-refractivity contribution is 0.0757. The Balaban J connectivity index is 2.71. The van der Waals surface area contributed by atoms with Gasteiger partial charge in [0, 0.05) is 24.4 Å². The lowest BCUT2D eigenvalue weighted by atomic mass is 10.1. The second kappa shape index (κ2) is 7.44. The van der Waals surface area contributed by atoms with Crippen molar-refractivity contribution in [3.63, 3.8) is 0 Å². The van der Waals surface area contributed by atoms with Crippen LogP contribution < -0.4 is 5.73 Å². The van der Waals surface area contributed by atoms with Gasteiger partial charge >= 0.3 is 0 Å². The van der Waals surface area contributed by atoms with Crippen LogP contribution in [0.1, 0.15) is 22.8 Å². The summed E-state index contributed by atoms with van der Waals surface area (Å²) in [4.78, 5) is 14.0. The Morgan fingerprint density at radius 3 is 2.50 bits per heavy atom. The minimum Gasteiger partial charge on any atom is -0.338 e. The van der Waals surface area contributed by atoms with Gasteiger partial charge in [-0.05, 0) is 43.8 Å². The number of nitrogens with two attached hydrogens (primary N) is 1. The molecule has 0 aliphatic heterocycles. The summed E-state index contributed by atoms with van der Waals surface area (Å²) < 4.78 is 0. The first-order valence-electron chi connectivity index (χ1n) is 6.15. The molecule has 0 aliphatic carbocycles. The van der Waals surface area contributed by atoms with Crippen LogP contribution in [0.4, 0.5) is 0 Å². The summed E-state index contributed by atoms with van der Waals surface area (Å²) in [5.74, 6) is 1.03. The lowest BCUT2D eigenvalue weighted by Crippen LogP contribution is -2.36. The first kappa shape index (κ1) is 15.1. The second-order valence-corrected chi connectivity index (χ2v) is 5.37. The van der Waals surface area contributed by atoms with Gasteiger partial charge in [0.05, 0.1) is 0 Å². The third-order valence-electron chi connectivity index (χ3n) is 3.02. The van der Waals surface area contributed by atoms with Crippen LogP contribution in [0.15, 0.2) is 24.3 Å². The van der Waals surface area contributed by atoms with E-state index in [9.17, 15) is 4.79 Å². The van der Waals surface area contributed by atoms with Gasteiger partial charge < -0.3 is 10.6 Å². The summed E-state index contributed by atoms with van der Waals surface area (Å²) in [7, 11) is 1.86. The molecule has 3 nitrogen and oxygen atoms in total. The lowest BCUT2D eigenvalue weighted by Gasteiger charge is -2.24. The molecule has 0 aromatic heterocycles. The van der Waals surface area contributed by atoms with Crippen LogP contribution in [0.25, 0.3) is 0 Å². The molecule has 18 heavy (non-hydrogen) atoms. The number of carbonyl (C=O) groups is 1. The van der Waals surface area contributed by atoms with E-state index in [1.807, 2.05) is 31.3 Å². The molecule has 0 heterocycles. The molecule has 0 aliphatic rings. The largest absolute Gasteiger partial charge is 0.338 e. The van der Waals surface area contributed by atoms with Crippen LogP contribution in [-0.4, -0.2) is 42.4 Å². The Bertz CT molecular complexity index is 378. The predicted octanol–water partition coefficient (Wildman–Crippen LogP) is 2.01. The van der Waals surface area contributed by atoms with E-state index in [4.69, 9.17) is 5.73 Å². The molecule has 1 aromatic carbocycles. The number of thioether (sulfide) groups is 1. The third kappa shape index (κ3) is 4.03. The van der Waals surface area contributed by atoms with E-state index in [2.05, 4.69) is 13.2 Å². The Morgan fingerprint density at radius 1 is 1.39 bits per heavy atom. The van der Waals surface area contributed by atoms with Crippen molar-refractivity contribution in [2.24, 2.45) is 5.73 Å². The molecule has 1 rings (SSSR count). The van der Waals surface area contributed by atoms with Gasteiger partial charge in [-0.1, -0.05) is 12.1 Å². The molecule has 100 valence electrons. The fourth-order valence-corrected chi connectivity index (χ4v) is 2.44. The second-order valence-electron chi connectivity index (χ2n) is 4.46. The standard InChI is InChI=1S/C14H22N2OS/c1-11(10-18-3)16(2)14(17)13-6-4-12(5-7-13)8-9-15/h4-7,11H,8-10,15H2,1-3H3. The number of benzene rings is 1. The van der Waals surface area contributed by atoms with Crippen molar-refractivity contribution in [3.05, 3.63) is 35.4 Å². The molecule has 4 heteroatoms. The number of carbonyl (C=O) groups excluding carboxylic acids is 1. The number of rotatable bonds is 6. The van der Waals surface area contributed by atoms with Crippen molar-refractivity contribution in [3.8, 4) is 0 Å². The van der Waals surface area contributed by atoms with Gasteiger partial charge in [0.1, 0.15) is 0 Å². The van der Waals surface area contributed by atoms with E-state index < -0.39 is 0 Å². The number of amides is 1. The third-order valence-corrected chi connectivity index (χ3v) is 3.84. The van der Waals surface area contributed by atoms with E-state index in [0.29, 0.717) is 6.54 Å². The average molecular weight is 266 g/mol. The first-order valence-corrected chi connectivity index (χ1v) is 7.54. The van der Waals surface area contributed by atoms with E-state index in [0.717, 1.165) is 17.7 Å². The molecule has 1 atom stereocenters. The van der Waals surface area contributed by atoms with Crippen LogP contribution in [0.2, 0.25) is 0 Å². The van der Waals surface area contributed by atoms with Crippen molar-refractivity contribution in [1.29, 1.82) is 0 Å². The van der Waals surface area contributed by atoms with Gasteiger partial charge in [0.25, 0.3) is 5.91 Å². The minimum absolute atomic E-state index is 0.0795. The van der Waals surface area contributed by atoms with Crippen LogP contribution in [0, 0.1) is 0 Å². The van der Waals surface area contributed by atoms with E-state index in [1.165, 1.54) is 5.56 Å². The average Bonchev–Trinajstić information content (AvgIpc) is 2.38. The molecule has 0 bridgehead atoms. The van der Waals surface area contributed by atoms with Crippen LogP contribution in [-0.2, 0) is 6.42 Å². The molecule has 1 aromatic rings. The number of hydrogen-bond acceptors (Lipinski definition) is 3. The van der Waals surface area contributed by atoms with E-state index >= 15 is 0 Å². The molecule has 0 radical (unpaired) electrons. The summed E-state index contributed by atoms with van der Waals surface area (Å²) in [6.07, 6.45) is 2.91. The molecule has 2 N–H and O–H groups in total. The van der Waals surface area contributed by atoms with Crippen molar-refractivity contribution in [2.75, 3.05) is 25.6 Å². The summed E-state index contributed by atoms with van der Waals surface area (Å²) in [5.41, 5.74) is 7.42. The van der Waals surface area contributed by atoms with E-state index in [-0.39, 0.29) is 11.9 Å². The summed E-state index contributed by atoms with van der Waals surface area (Å²) in [5, 5.41) is 0. The zero-order valence-corrected chi connectivity index (χ0v) is 12.2. The SMILES string of the molecule is CSCC(C)N(C)C(=O)c1ccc(CCN)cc1. The smallest absolute Gasteiger partial charge is 0.253 e. The molecule has 0 fully saturated rings. The Kier molecular flexibility index (Phi) is 6.22. The van der Waals surface area contributed by atoms with Gasteiger partial charge in [-0.2, -0.15) is 11.8 Å². The van der Waals surface area contributed by atoms with Crippen molar-refractivity contribution in [2.45, 2.75) is 19.4 Å². The molecular formula is C14H22N2OS. The first-order chi connectivity index (χ1) is 8.60. The van der Waals surface area contributed by atoms with Gasteiger partial charge in [0.2, 0.25) is 0 Å². The predicted molar refractivity (Wildman–Crippen MR) is 79.1 cm³/mol. The van der Waals surface area contributed by atoms with Crippen molar-refractivity contribution in [1.82, 2.24) is 4.90 Å². The fourth-order valence-electron chi connectivity index (χ4n) is 1.74. The maximum absolute atomic E-state index is 12.2. The van der Waals surface area contributed by atoms with Crippen molar-refractivity contribution >= 4 is 17.7 Å². The highest BCUT2D eigenvalue weighted by atomic mass is 32.2. The maximum Gasteiger partial charge on any atom is 0.253 e. The molecule has 0 spiro atoms. The topological polar surface area (TPSA) is 46.3 Å². The monoisotopic (exact) mass is 266 g/mol. The van der Waals surface area contributed by atoms with Gasteiger partial charge in [-0.3, -0.25) is 4.79 Å². The Hall–Kier alpha value is -1.00. The minimum atomic E-state index is 0.0795. The maximum atomic E-state index is 12.2. The number of hydrogen-bond donors (Lipinski definition) is 1. The quantitative estimate of drug-likeness (QED) is 0.857. The molecule has 1 amide bonds. The van der Waals surface area contributed by atoms with Crippen molar-refractivity contribution < 1.29 is 4.79 Å². The zero-order chi connectivity index (χ0) is 13.5. The highest BCUT2D eigenvalue weighted by Crippen LogP contribution is 2.11. The zero-order valence-electron chi connectivity index (χ0n) is 11.3. The summed E-state index contributed by atoms with van der Waals surface area (Å²) in [6, 6.07) is 7.97. The van der Waals surface area contributed by atoms with E-state index in [1.54, 1.807) is 16.7 Å². The molecule has 0 saturated heterocycles. The fraction of sp³-hybridized carbons (Fsp3) is 0.500. The van der Waals surface area contributed by atoms with Crippen LogP contribution in [0.5, 0.6) is 0 Å². The Labute approximate surface area is 114 Å². The molecule has 0 saturated carbocycles. The van der Waals surface area contributed by atoms with Gasteiger partial charge in [-0.15, -0.1) is 0 Å². The summed E-state index contributed by atoms with van der Waals surface area (Å²) in [6.45, 7) is 2.70. The Morgan fingerprint density at radius 2 is 2.00 bits per heavy atom. The number of nitrogens with zero attached hydrogens (tertiary/aromatic N) is 1. The van der Waals surface area contributed by atoms with Crippen LogP contribution >= 0.6 is 11.8 Å². The molecular weight excluding hydrogens is 244 g/mol. The summed E-state index contributed by atoms with van der Waals surface area (Å²) >= 11 is 1.75. The highest BCUT2D eigenvalue weighted by Gasteiger charge is 2.16. The van der Waals surface area contributed by atoms with Gasteiger partial charge in [-0.25, -0.2) is 0 Å². The van der Waals surface area contributed by atoms with Gasteiger partial charge in [0.15, 0.2) is 0 Å². The highest BCUT2D eigenvalue weighted by molar-refractivity contribution is 7.98.